The van der Waals surface area contributed by atoms with Crippen LogP contribution in [0.4, 0.5) is 0 Å². The van der Waals surface area contributed by atoms with E-state index < -0.39 is 10.8 Å². The number of carbonyl (C=O) groups excluding carboxylic acids is 1. The summed E-state index contributed by atoms with van der Waals surface area (Å²) in [6.45, 7) is 10.4. The molecule has 0 saturated carbocycles. The lowest BCUT2D eigenvalue weighted by atomic mass is 9.91. The van der Waals surface area contributed by atoms with Gasteiger partial charge in [-0.15, -0.1) is 0 Å². The molecule has 1 aromatic heterocycles. The third-order valence-electron chi connectivity index (χ3n) is 2.49. The summed E-state index contributed by atoms with van der Waals surface area (Å²) >= 11 is 5.46. The van der Waals surface area contributed by atoms with Crippen molar-refractivity contribution in [2.75, 3.05) is 0 Å². The highest BCUT2D eigenvalue weighted by Crippen LogP contribution is 2.20. The maximum atomic E-state index is 12.0. The second kappa shape index (κ2) is 5.22. The molecule has 18 heavy (non-hydrogen) atoms. The fraction of sp³-hybridized carbons (Fsp3) is 0.615. The van der Waals surface area contributed by atoms with Crippen molar-refractivity contribution in [2.45, 2.75) is 46.6 Å². The van der Waals surface area contributed by atoms with E-state index in [-0.39, 0.29) is 16.9 Å². The summed E-state index contributed by atoms with van der Waals surface area (Å²) in [5.41, 5.74) is 0.0220. The molecule has 0 unspecified atom stereocenters. The molecule has 0 atom stereocenters. The highest BCUT2D eigenvalue weighted by Gasteiger charge is 2.21. The van der Waals surface area contributed by atoms with Crippen LogP contribution in [-0.4, -0.2) is 15.0 Å². The molecule has 100 valence electrons. The van der Waals surface area contributed by atoms with E-state index in [0.29, 0.717) is 12.2 Å². The molecule has 0 aliphatic heterocycles. The average molecular weight is 271 g/mol. The average Bonchev–Trinajstić information content (AvgIpc) is 2.18. The van der Waals surface area contributed by atoms with Crippen molar-refractivity contribution in [3.8, 4) is 0 Å². The Balaban J connectivity index is 3.47. The first-order chi connectivity index (χ1) is 8.12. The van der Waals surface area contributed by atoms with Gasteiger partial charge in [0.05, 0.1) is 5.69 Å². The number of halogens is 1. The molecular weight excluding hydrogens is 252 g/mol. The van der Waals surface area contributed by atoms with Crippen LogP contribution in [0.25, 0.3) is 0 Å². The fourth-order valence-corrected chi connectivity index (χ4v) is 1.65. The molecule has 0 spiro atoms. The molecule has 1 rings (SSSR count). The summed E-state index contributed by atoms with van der Waals surface area (Å²) in [4.78, 5) is 23.3. The van der Waals surface area contributed by atoms with E-state index in [1.165, 1.54) is 10.7 Å². The Bertz CT molecular complexity index is 513. The molecular formula is C13H19ClN2O2. The number of hydrogen-bond donors (Lipinski definition) is 0. The minimum Gasteiger partial charge on any atom is -0.275 e. The van der Waals surface area contributed by atoms with Gasteiger partial charge >= 0.3 is 0 Å². The standard InChI is InChI=1S/C13H19ClN2O2/c1-8(2)7-16-12(18)9(11(14)17)6-10(15-16)13(3,4)5/h6,8H,7H2,1-5H3. The van der Waals surface area contributed by atoms with Gasteiger partial charge in [0, 0.05) is 12.0 Å². The van der Waals surface area contributed by atoms with Crippen molar-refractivity contribution < 1.29 is 4.79 Å². The predicted molar refractivity (Wildman–Crippen MR) is 72.2 cm³/mol. The van der Waals surface area contributed by atoms with E-state index in [0.717, 1.165) is 0 Å². The number of aromatic nitrogens is 2. The van der Waals surface area contributed by atoms with Crippen molar-refractivity contribution in [3.05, 3.63) is 27.7 Å². The first-order valence-corrected chi connectivity index (χ1v) is 6.33. The Morgan fingerprint density at radius 2 is 2.00 bits per heavy atom. The Morgan fingerprint density at radius 3 is 2.39 bits per heavy atom. The highest BCUT2D eigenvalue weighted by atomic mass is 35.5. The van der Waals surface area contributed by atoms with Crippen LogP contribution in [0.3, 0.4) is 0 Å². The fourth-order valence-electron chi connectivity index (χ4n) is 1.52. The minimum atomic E-state index is -0.731. The molecule has 1 aromatic rings. The minimum absolute atomic E-state index is 0.00255. The third kappa shape index (κ3) is 3.42. The second-order valence-corrected chi connectivity index (χ2v) is 6.19. The zero-order valence-corrected chi connectivity index (χ0v) is 12.2. The molecule has 0 aromatic carbocycles. The quantitative estimate of drug-likeness (QED) is 0.793. The number of nitrogens with zero attached hydrogens (tertiary/aromatic N) is 2. The summed E-state index contributed by atoms with van der Waals surface area (Å²) in [5.74, 6) is 0.267. The van der Waals surface area contributed by atoms with Crippen molar-refractivity contribution >= 4 is 16.8 Å². The van der Waals surface area contributed by atoms with Gasteiger partial charge in [-0.3, -0.25) is 9.59 Å². The number of rotatable bonds is 3. The van der Waals surface area contributed by atoms with Crippen molar-refractivity contribution in [1.82, 2.24) is 9.78 Å². The number of carbonyl (C=O) groups is 1. The SMILES string of the molecule is CC(C)Cn1nc(C(C)(C)C)cc(C(=O)Cl)c1=O. The van der Waals surface area contributed by atoms with Gasteiger partial charge in [0.25, 0.3) is 10.8 Å². The monoisotopic (exact) mass is 270 g/mol. The lowest BCUT2D eigenvalue weighted by Crippen LogP contribution is -2.32. The second-order valence-electron chi connectivity index (χ2n) is 5.85. The van der Waals surface area contributed by atoms with Crippen molar-refractivity contribution in [2.24, 2.45) is 5.92 Å². The lowest BCUT2D eigenvalue weighted by molar-refractivity contribution is 0.107. The molecule has 0 N–H and O–H groups in total. The smallest absolute Gasteiger partial charge is 0.275 e. The summed E-state index contributed by atoms with van der Waals surface area (Å²) < 4.78 is 1.33. The first-order valence-electron chi connectivity index (χ1n) is 5.95. The molecule has 4 nitrogen and oxygen atoms in total. The molecule has 0 saturated heterocycles. The van der Waals surface area contributed by atoms with Crippen molar-refractivity contribution in [3.63, 3.8) is 0 Å². The predicted octanol–water partition coefficient (Wildman–Crippen LogP) is 2.58. The molecule has 0 amide bonds. The Morgan fingerprint density at radius 1 is 1.44 bits per heavy atom. The van der Waals surface area contributed by atoms with E-state index >= 15 is 0 Å². The van der Waals surface area contributed by atoms with Gasteiger partial charge in [-0.2, -0.15) is 5.10 Å². The largest absolute Gasteiger partial charge is 0.278 e. The molecule has 1 heterocycles. The van der Waals surface area contributed by atoms with E-state index in [2.05, 4.69) is 5.10 Å². The van der Waals surface area contributed by atoms with E-state index in [1.54, 1.807) is 0 Å². The van der Waals surface area contributed by atoms with Crippen LogP contribution >= 0.6 is 11.6 Å². The zero-order chi connectivity index (χ0) is 14.1. The molecule has 5 heteroatoms. The summed E-state index contributed by atoms with van der Waals surface area (Å²) in [7, 11) is 0. The van der Waals surface area contributed by atoms with Crippen LogP contribution in [-0.2, 0) is 12.0 Å². The Kier molecular flexibility index (Phi) is 4.32. The van der Waals surface area contributed by atoms with Crippen LogP contribution in [0.1, 0.15) is 50.7 Å². The lowest BCUT2D eigenvalue weighted by Gasteiger charge is -2.20. The van der Waals surface area contributed by atoms with Gasteiger partial charge in [0.2, 0.25) is 0 Å². The molecule has 0 fully saturated rings. The van der Waals surface area contributed by atoms with Crippen LogP contribution in [0, 0.1) is 5.92 Å². The van der Waals surface area contributed by atoms with E-state index in [4.69, 9.17) is 11.6 Å². The number of hydrogen-bond acceptors (Lipinski definition) is 3. The molecule has 0 aliphatic rings. The molecule has 0 bridgehead atoms. The summed E-state index contributed by atoms with van der Waals surface area (Å²) in [6, 6.07) is 1.49. The summed E-state index contributed by atoms with van der Waals surface area (Å²) in [5, 5.41) is 3.59. The topological polar surface area (TPSA) is 52.0 Å². The normalized spacial score (nSPS) is 11.9. The van der Waals surface area contributed by atoms with Gasteiger partial charge in [0.1, 0.15) is 5.56 Å². The Labute approximate surface area is 112 Å². The maximum Gasteiger partial charge on any atom is 0.278 e. The van der Waals surface area contributed by atoms with Crippen LogP contribution in [0.2, 0.25) is 0 Å². The van der Waals surface area contributed by atoms with Crippen LogP contribution in [0.5, 0.6) is 0 Å². The maximum absolute atomic E-state index is 12.0. The van der Waals surface area contributed by atoms with E-state index in [1.807, 2.05) is 34.6 Å². The van der Waals surface area contributed by atoms with E-state index in [9.17, 15) is 9.59 Å². The Hall–Kier alpha value is -1.16. The molecule has 0 radical (unpaired) electrons. The third-order valence-corrected chi connectivity index (χ3v) is 2.70. The highest BCUT2D eigenvalue weighted by molar-refractivity contribution is 6.67. The van der Waals surface area contributed by atoms with Gasteiger partial charge < -0.3 is 0 Å². The van der Waals surface area contributed by atoms with Crippen molar-refractivity contribution in [1.29, 1.82) is 0 Å². The first kappa shape index (κ1) is 14.9. The van der Waals surface area contributed by atoms with Gasteiger partial charge in [-0.05, 0) is 23.6 Å². The van der Waals surface area contributed by atoms with Gasteiger partial charge in [0.15, 0.2) is 0 Å². The van der Waals surface area contributed by atoms with Crippen LogP contribution in [0.15, 0.2) is 10.9 Å². The van der Waals surface area contributed by atoms with Gasteiger partial charge in [-0.25, -0.2) is 4.68 Å². The van der Waals surface area contributed by atoms with Gasteiger partial charge in [-0.1, -0.05) is 34.6 Å². The molecule has 0 aliphatic carbocycles. The van der Waals surface area contributed by atoms with Crippen LogP contribution < -0.4 is 5.56 Å². The summed E-state index contributed by atoms with van der Waals surface area (Å²) in [6.07, 6.45) is 0. The zero-order valence-electron chi connectivity index (χ0n) is 11.5.